The Balaban J connectivity index is 1.58. The minimum Gasteiger partial charge on any atom is -0.466 e. The van der Waals surface area contributed by atoms with Crippen molar-refractivity contribution in [3.8, 4) is 11.5 Å². The third-order valence-corrected chi connectivity index (χ3v) is 4.89. The van der Waals surface area contributed by atoms with Gasteiger partial charge in [-0.15, -0.1) is 0 Å². The molecular weight excluding hydrogens is 334 g/mol. The number of unbranched alkanes of at least 4 members (excludes halogenated alkanes) is 1. The Morgan fingerprint density at radius 2 is 2.04 bits per heavy atom. The number of rotatable bonds is 9. The number of nitrogens with zero attached hydrogens (tertiary/aromatic N) is 1. The van der Waals surface area contributed by atoms with Crippen LogP contribution in [0.25, 0.3) is 0 Å². The lowest BCUT2D eigenvalue weighted by Crippen LogP contribution is -2.35. The lowest BCUT2D eigenvalue weighted by atomic mass is 10.1. The van der Waals surface area contributed by atoms with Crippen molar-refractivity contribution in [3.05, 3.63) is 23.8 Å². The molecule has 1 amide bonds. The zero-order valence-electron chi connectivity index (χ0n) is 15.5. The first kappa shape index (κ1) is 18.5. The van der Waals surface area contributed by atoms with Gasteiger partial charge in [0.25, 0.3) is 0 Å². The number of amides is 1. The van der Waals surface area contributed by atoms with E-state index in [1.165, 1.54) is 0 Å². The smallest absolute Gasteiger partial charge is 0.309 e. The van der Waals surface area contributed by atoms with Crippen LogP contribution in [0.15, 0.2) is 18.2 Å². The van der Waals surface area contributed by atoms with E-state index in [0.29, 0.717) is 25.3 Å². The molecule has 0 radical (unpaired) electrons. The van der Waals surface area contributed by atoms with Gasteiger partial charge in [-0.2, -0.15) is 0 Å². The number of carbonyl (C=O) groups excluding carboxylic acids is 2. The first-order valence-corrected chi connectivity index (χ1v) is 9.45. The fourth-order valence-electron chi connectivity index (χ4n) is 3.27. The van der Waals surface area contributed by atoms with E-state index in [4.69, 9.17) is 14.2 Å². The molecule has 2 atom stereocenters. The van der Waals surface area contributed by atoms with Crippen molar-refractivity contribution in [2.45, 2.75) is 39.5 Å². The van der Waals surface area contributed by atoms with Crippen LogP contribution in [0, 0.1) is 11.8 Å². The number of benzene rings is 1. The summed E-state index contributed by atoms with van der Waals surface area (Å²) in [6.45, 7) is 5.92. The normalized spacial score (nSPS) is 19.9. The lowest BCUT2D eigenvalue weighted by Gasteiger charge is -2.23. The van der Waals surface area contributed by atoms with Gasteiger partial charge in [-0.05, 0) is 43.4 Å². The Hall–Kier alpha value is -2.24. The van der Waals surface area contributed by atoms with Crippen LogP contribution in [0.1, 0.15) is 38.7 Å². The number of ether oxygens (including phenoxy) is 3. The average Bonchev–Trinajstić information content (AvgIpc) is 3.25. The van der Waals surface area contributed by atoms with Crippen molar-refractivity contribution in [2.75, 3.05) is 26.5 Å². The van der Waals surface area contributed by atoms with Gasteiger partial charge in [0.15, 0.2) is 11.5 Å². The van der Waals surface area contributed by atoms with E-state index >= 15 is 0 Å². The number of hydrogen-bond donors (Lipinski definition) is 0. The largest absolute Gasteiger partial charge is 0.466 e. The summed E-state index contributed by atoms with van der Waals surface area (Å²) in [7, 11) is 0. The van der Waals surface area contributed by atoms with Gasteiger partial charge in [0, 0.05) is 13.1 Å². The van der Waals surface area contributed by atoms with Crippen LogP contribution in [0.4, 0.5) is 0 Å². The number of esters is 1. The van der Waals surface area contributed by atoms with Gasteiger partial charge in [-0.25, -0.2) is 0 Å². The number of hydrogen-bond acceptors (Lipinski definition) is 5. The van der Waals surface area contributed by atoms with Crippen LogP contribution in [0.3, 0.4) is 0 Å². The van der Waals surface area contributed by atoms with E-state index < -0.39 is 0 Å². The highest BCUT2D eigenvalue weighted by atomic mass is 16.7. The summed E-state index contributed by atoms with van der Waals surface area (Å²) in [6.07, 6.45) is 3.14. The Labute approximate surface area is 154 Å². The van der Waals surface area contributed by atoms with E-state index in [2.05, 4.69) is 6.92 Å². The summed E-state index contributed by atoms with van der Waals surface area (Å²) in [5.74, 6) is 1.56. The molecule has 2 aliphatic rings. The highest BCUT2D eigenvalue weighted by Gasteiger charge is 2.45. The number of fused-ring (bicyclic) bond motifs is 1. The second-order valence-corrected chi connectivity index (χ2v) is 6.91. The van der Waals surface area contributed by atoms with Crippen LogP contribution in [0.2, 0.25) is 0 Å². The molecule has 6 heteroatoms. The summed E-state index contributed by atoms with van der Waals surface area (Å²) in [6, 6.07) is 5.62. The zero-order valence-corrected chi connectivity index (χ0v) is 15.5. The molecule has 0 N–H and O–H groups in total. The predicted octanol–water partition coefficient (Wildman–Crippen LogP) is 2.79. The summed E-state index contributed by atoms with van der Waals surface area (Å²) in [5.41, 5.74) is 0.915. The topological polar surface area (TPSA) is 65.1 Å². The maximum atomic E-state index is 12.8. The van der Waals surface area contributed by atoms with Crippen LogP contribution in [-0.4, -0.2) is 43.3 Å². The second-order valence-electron chi connectivity index (χ2n) is 6.91. The molecule has 0 saturated heterocycles. The molecule has 0 bridgehead atoms. The van der Waals surface area contributed by atoms with Gasteiger partial charge in [0.05, 0.1) is 18.9 Å². The highest BCUT2D eigenvalue weighted by Crippen LogP contribution is 2.40. The standard InChI is InChI=1S/C20H27NO5/c1-3-5-8-21(12-15-11-16(15)20(23)24-4-2)19(22)10-14-6-7-17-18(9-14)26-13-25-17/h6-7,9,15-16H,3-5,8,10-13H2,1-2H3/t15-,16-/m1/s1. The quantitative estimate of drug-likeness (QED) is 0.633. The summed E-state index contributed by atoms with van der Waals surface area (Å²) in [5, 5.41) is 0. The van der Waals surface area contributed by atoms with Crippen molar-refractivity contribution in [1.29, 1.82) is 0 Å². The molecule has 1 fully saturated rings. The van der Waals surface area contributed by atoms with Crippen LogP contribution in [0.5, 0.6) is 11.5 Å². The van der Waals surface area contributed by atoms with Gasteiger partial charge < -0.3 is 19.1 Å². The van der Waals surface area contributed by atoms with Crippen molar-refractivity contribution in [1.82, 2.24) is 4.90 Å². The maximum absolute atomic E-state index is 12.8. The van der Waals surface area contributed by atoms with E-state index in [9.17, 15) is 9.59 Å². The van der Waals surface area contributed by atoms with Gasteiger partial charge in [0.2, 0.25) is 12.7 Å². The third kappa shape index (κ3) is 4.48. The first-order chi connectivity index (χ1) is 12.6. The molecule has 1 aliphatic heterocycles. The van der Waals surface area contributed by atoms with E-state index in [-0.39, 0.29) is 30.5 Å². The summed E-state index contributed by atoms with van der Waals surface area (Å²) in [4.78, 5) is 26.6. The Kier molecular flexibility index (Phi) is 6.01. The highest BCUT2D eigenvalue weighted by molar-refractivity contribution is 5.80. The van der Waals surface area contributed by atoms with Crippen molar-refractivity contribution in [2.24, 2.45) is 11.8 Å². The van der Waals surface area contributed by atoms with Crippen molar-refractivity contribution in [3.63, 3.8) is 0 Å². The molecule has 1 aromatic carbocycles. The number of carbonyl (C=O) groups is 2. The Bertz CT molecular complexity index is 660. The monoisotopic (exact) mass is 361 g/mol. The minimum atomic E-state index is -0.129. The van der Waals surface area contributed by atoms with Crippen LogP contribution < -0.4 is 9.47 Å². The molecule has 0 unspecified atom stereocenters. The second kappa shape index (κ2) is 8.43. The fraction of sp³-hybridized carbons (Fsp3) is 0.600. The minimum absolute atomic E-state index is 0.0441. The molecule has 1 saturated carbocycles. The van der Waals surface area contributed by atoms with Gasteiger partial charge in [-0.1, -0.05) is 19.4 Å². The van der Waals surface area contributed by atoms with Gasteiger partial charge in [0.1, 0.15) is 0 Å². The molecule has 1 aliphatic carbocycles. The van der Waals surface area contributed by atoms with Crippen LogP contribution in [-0.2, 0) is 20.7 Å². The van der Waals surface area contributed by atoms with Crippen molar-refractivity contribution >= 4 is 11.9 Å². The molecule has 1 aromatic rings. The molecule has 1 heterocycles. The van der Waals surface area contributed by atoms with E-state index in [1.807, 2.05) is 30.0 Å². The molecule has 26 heavy (non-hydrogen) atoms. The first-order valence-electron chi connectivity index (χ1n) is 9.45. The summed E-state index contributed by atoms with van der Waals surface area (Å²) >= 11 is 0. The molecule has 0 aromatic heterocycles. The Morgan fingerprint density at radius 3 is 2.81 bits per heavy atom. The predicted molar refractivity (Wildman–Crippen MR) is 96.0 cm³/mol. The third-order valence-electron chi connectivity index (χ3n) is 4.89. The van der Waals surface area contributed by atoms with E-state index in [1.54, 1.807) is 0 Å². The SMILES string of the molecule is CCCCN(C[C@H]1C[C@H]1C(=O)OCC)C(=O)Cc1ccc2c(c1)OCO2. The molecule has 6 nitrogen and oxygen atoms in total. The van der Waals surface area contributed by atoms with Gasteiger partial charge >= 0.3 is 5.97 Å². The molecule has 142 valence electrons. The summed E-state index contributed by atoms with van der Waals surface area (Å²) < 4.78 is 15.8. The average molecular weight is 361 g/mol. The lowest BCUT2D eigenvalue weighted by molar-refractivity contribution is -0.145. The van der Waals surface area contributed by atoms with E-state index in [0.717, 1.165) is 37.1 Å². The zero-order chi connectivity index (χ0) is 18.5. The molecular formula is C20H27NO5. The van der Waals surface area contributed by atoms with Crippen molar-refractivity contribution < 1.29 is 23.8 Å². The van der Waals surface area contributed by atoms with Gasteiger partial charge in [-0.3, -0.25) is 9.59 Å². The Morgan fingerprint density at radius 1 is 1.23 bits per heavy atom. The van der Waals surface area contributed by atoms with Crippen LogP contribution >= 0.6 is 0 Å². The molecule has 0 spiro atoms. The fourth-order valence-corrected chi connectivity index (χ4v) is 3.27. The molecule has 3 rings (SSSR count). The maximum Gasteiger partial charge on any atom is 0.309 e.